The molecule has 0 saturated heterocycles. The van der Waals surface area contributed by atoms with E-state index in [2.05, 4.69) is 0 Å². The summed E-state index contributed by atoms with van der Waals surface area (Å²) in [5.41, 5.74) is 5.82. The van der Waals surface area contributed by atoms with Crippen LogP contribution in [0.3, 0.4) is 0 Å². The van der Waals surface area contributed by atoms with Gasteiger partial charge in [0.05, 0.1) is 5.60 Å². The van der Waals surface area contributed by atoms with E-state index in [-0.39, 0.29) is 12.4 Å². The van der Waals surface area contributed by atoms with Crippen molar-refractivity contribution in [2.45, 2.75) is 32.5 Å². The van der Waals surface area contributed by atoms with E-state index < -0.39 is 5.60 Å². The molecule has 0 saturated carbocycles. The van der Waals surface area contributed by atoms with Crippen LogP contribution in [0.25, 0.3) is 0 Å². The number of likely N-dealkylation sites (N-methyl/N-ethyl adjacent to an activating group) is 1. The molecule has 0 spiro atoms. The smallest absolute Gasteiger partial charge is 0.132 e. The molecule has 0 unspecified atom stereocenters. The zero-order valence-electron chi connectivity index (χ0n) is 10.7. The third kappa shape index (κ3) is 4.42. The monoisotopic (exact) mass is 240 g/mol. The van der Waals surface area contributed by atoms with Gasteiger partial charge in [-0.25, -0.2) is 4.39 Å². The van der Waals surface area contributed by atoms with Gasteiger partial charge in [-0.1, -0.05) is 18.2 Å². The fourth-order valence-corrected chi connectivity index (χ4v) is 1.92. The second-order valence-corrected chi connectivity index (χ2v) is 5.08. The van der Waals surface area contributed by atoms with Crippen molar-refractivity contribution in [1.82, 2.24) is 4.90 Å². The Kier molecular flexibility index (Phi) is 4.62. The molecule has 3 nitrogen and oxygen atoms in total. The number of hydrogen-bond acceptors (Lipinski definition) is 3. The number of aliphatic hydroxyl groups is 1. The molecule has 17 heavy (non-hydrogen) atoms. The molecule has 1 aromatic carbocycles. The van der Waals surface area contributed by atoms with Gasteiger partial charge in [0.25, 0.3) is 0 Å². The molecule has 0 aliphatic rings. The van der Waals surface area contributed by atoms with Crippen molar-refractivity contribution in [1.29, 1.82) is 0 Å². The molecule has 0 bridgehead atoms. The second kappa shape index (κ2) is 5.58. The maximum Gasteiger partial charge on any atom is 0.132 e. The van der Waals surface area contributed by atoms with Gasteiger partial charge in [0.1, 0.15) is 5.82 Å². The van der Waals surface area contributed by atoms with Crippen LogP contribution >= 0.6 is 0 Å². The topological polar surface area (TPSA) is 49.5 Å². The van der Waals surface area contributed by atoms with E-state index >= 15 is 0 Å². The normalized spacial score (nSPS) is 12.2. The van der Waals surface area contributed by atoms with Gasteiger partial charge >= 0.3 is 0 Å². The summed E-state index contributed by atoms with van der Waals surface area (Å²) in [5, 5.41) is 9.68. The van der Waals surface area contributed by atoms with Crippen molar-refractivity contribution in [3.8, 4) is 0 Å². The first-order valence-electron chi connectivity index (χ1n) is 5.71. The van der Waals surface area contributed by atoms with Crippen molar-refractivity contribution in [3.05, 3.63) is 35.1 Å². The molecule has 4 heteroatoms. The summed E-state index contributed by atoms with van der Waals surface area (Å²) in [6.45, 7) is 4.62. The van der Waals surface area contributed by atoms with E-state index in [0.29, 0.717) is 24.2 Å². The summed E-state index contributed by atoms with van der Waals surface area (Å²) in [4.78, 5) is 1.89. The van der Waals surface area contributed by atoms with Crippen LogP contribution in [0.15, 0.2) is 18.2 Å². The van der Waals surface area contributed by atoms with E-state index in [1.807, 2.05) is 11.9 Å². The average molecular weight is 240 g/mol. The Morgan fingerprint density at radius 1 is 1.35 bits per heavy atom. The van der Waals surface area contributed by atoms with Gasteiger partial charge < -0.3 is 10.8 Å². The average Bonchev–Trinajstić information content (AvgIpc) is 2.18. The van der Waals surface area contributed by atoms with E-state index in [9.17, 15) is 9.50 Å². The SMILES string of the molecule is CN(Cc1cccc(CN)c1F)CC(C)(C)O. The summed E-state index contributed by atoms with van der Waals surface area (Å²) < 4.78 is 13.9. The lowest BCUT2D eigenvalue weighted by atomic mass is 10.1. The minimum Gasteiger partial charge on any atom is -0.389 e. The molecular weight excluding hydrogens is 219 g/mol. The van der Waals surface area contributed by atoms with E-state index in [0.717, 1.165) is 0 Å². The van der Waals surface area contributed by atoms with Crippen LogP contribution in [0.5, 0.6) is 0 Å². The predicted molar refractivity (Wildman–Crippen MR) is 66.9 cm³/mol. The standard InChI is InChI=1S/C13H21FN2O/c1-13(2,17)9-16(3)8-11-6-4-5-10(7-15)12(11)14/h4-6,17H,7-9,15H2,1-3H3. The van der Waals surface area contributed by atoms with Crippen molar-refractivity contribution in [3.63, 3.8) is 0 Å². The number of halogens is 1. The maximum absolute atomic E-state index is 13.9. The summed E-state index contributed by atoms with van der Waals surface area (Å²) in [6, 6.07) is 5.24. The largest absolute Gasteiger partial charge is 0.389 e. The van der Waals surface area contributed by atoms with Crippen molar-refractivity contribution in [2.75, 3.05) is 13.6 Å². The first-order chi connectivity index (χ1) is 7.83. The highest BCUT2D eigenvalue weighted by Gasteiger charge is 2.17. The summed E-state index contributed by atoms with van der Waals surface area (Å²) in [7, 11) is 1.85. The predicted octanol–water partition coefficient (Wildman–Crippen LogP) is 1.49. The van der Waals surface area contributed by atoms with Crippen LogP contribution in [0.2, 0.25) is 0 Å². The fourth-order valence-electron chi connectivity index (χ4n) is 1.92. The highest BCUT2D eigenvalue weighted by Crippen LogP contribution is 2.15. The molecule has 0 aliphatic carbocycles. The molecule has 0 aliphatic heterocycles. The molecule has 1 aromatic rings. The van der Waals surface area contributed by atoms with Crippen LogP contribution in [-0.4, -0.2) is 29.2 Å². The molecule has 0 fully saturated rings. The summed E-state index contributed by atoms with van der Waals surface area (Å²) in [5.74, 6) is -0.238. The Hall–Kier alpha value is -0.970. The van der Waals surface area contributed by atoms with Gasteiger partial charge in [0, 0.05) is 30.8 Å². The van der Waals surface area contributed by atoms with Crippen LogP contribution in [0.1, 0.15) is 25.0 Å². The van der Waals surface area contributed by atoms with Crippen molar-refractivity contribution in [2.24, 2.45) is 5.73 Å². The van der Waals surface area contributed by atoms with E-state index in [4.69, 9.17) is 5.73 Å². The second-order valence-electron chi connectivity index (χ2n) is 5.08. The Bertz CT molecular complexity index is 374. The quantitative estimate of drug-likeness (QED) is 0.819. The zero-order chi connectivity index (χ0) is 13.1. The van der Waals surface area contributed by atoms with Gasteiger partial charge in [0.15, 0.2) is 0 Å². The number of rotatable bonds is 5. The third-order valence-corrected chi connectivity index (χ3v) is 2.48. The Balaban J connectivity index is 2.75. The number of hydrogen-bond donors (Lipinski definition) is 2. The molecule has 0 heterocycles. The number of nitrogens with zero attached hydrogens (tertiary/aromatic N) is 1. The minimum absolute atomic E-state index is 0.203. The van der Waals surface area contributed by atoms with Crippen LogP contribution in [-0.2, 0) is 13.1 Å². The first-order valence-corrected chi connectivity index (χ1v) is 5.71. The van der Waals surface area contributed by atoms with Crippen molar-refractivity contribution < 1.29 is 9.50 Å². The van der Waals surface area contributed by atoms with Crippen LogP contribution in [0.4, 0.5) is 4.39 Å². The Labute approximate surface area is 102 Å². The molecular formula is C13H21FN2O. The highest BCUT2D eigenvalue weighted by molar-refractivity contribution is 5.25. The highest BCUT2D eigenvalue weighted by atomic mass is 19.1. The van der Waals surface area contributed by atoms with E-state index in [1.165, 1.54) is 0 Å². The lowest BCUT2D eigenvalue weighted by Crippen LogP contribution is -2.36. The van der Waals surface area contributed by atoms with Crippen LogP contribution in [0, 0.1) is 5.82 Å². The van der Waals surface area contributed by atoms with Crippen LogP contribution < -0.4 is 5.73 Å². The van der Waals surface area contributed by atoms with Gasteiger partial charge in [-0.2, -0.15) is 0 Å². The molecule has 1 rings (SSSR count). The lowest BCUT2D eigenvalue weighted by molar-refractivity contribution is 0.0422. The maximum atomic E-state index is 13.9. The first kappa shape index (κ1) is 14.1. The molecule has 0 amide bonds. The van der Waals surface area contributed by atoms with Gasteiger partial charge in [-0.3, -0.25) is 4.90 Å². The molecule has 0 atom stereocenters. The van der Waals surface area contributed by atoms with Gasteiger partial charge in [-0.15, -0.1) is 0 Å². The van der Waals surface area contributed by atoms with Gasteiger partial charge in [0.2, 0.25) is 0 Å². The molecule has 0 aromatic heterocycles. The Morgan fingerprint density at radius 2 is 1.94 bits per heavy atom. The third-order valence-electron chi connectivity index (χ3n) is 2.48. The fraction of sp³-hybridized carbons (Fsp3) is 0.538. The molecule has 3 N–H and O–H groups in total. The minimum atomic E-state index is -0.781. The Morgan fingerprint density at radius 3 is 2.47 bits per heavy atom. The van der Waals surface area contributed by atoms with Gasteiger partial charge in [-0.05, 0) is 20.9 Å². The summed E-state index contributed by atoms with van der Waals surface area (Å²) in [6.07, 6.45) is 0. The number of benzene rings is 1. The lowest BCUT2D eigenvalue weighted by Gasteiger charge is -2.25. The van der Waals surface area contributed by atoms with Crippen molar-refractivity contribution >= 4 is 0 Å². The molecule has 96 valence electrons. The zero-order valence-corrected chi connectivity index (χ0v) is 10.7. The molecule has 0 radical (unpaired) electrons. The summed E-state index contributed by atoms with van der Waals surface area (Å²) >= 11 is 0. The number of nitrogens with two attached hydrogens (primary N) is 1. The van der Waals surface area contributed by atoms with E-state index in [1.54, 1.807) is 32.0 Å².